The summed E-state index contributed by atoms with van der Waals surface area (Å²) in [6, 6.07) is 13.4. The zero-order valence-corrected chi connectivity index (χ0v) is 21.8. The molecule has 0 atom stereocenters. The number of nitrogens with zero attached hydrogens (tertiary/aromatic N) is 2. The second-order valence-electron chi connectivity index (χ2n) is 9.57. The normalized spacial score (nSPS) is 14.5. The van der Waals surface area contributed by atoms with E-state index in [1.807, 2.05) is 0 Å². The molecule has 0 aromatic heterocycles. The van der Waals surface area contributed by atoms with Gasteiger partial charge in [-0.15, -0.1) is 0 Å². The molecule has 0 saturated carbocycles. The van der Waals surface area contributed by atoms with Gasteiger partial charge in [0.1, 0.15) is 0 Å². The summed E-state index contributed by atoms with van der Waals surface area (Å²) in [5.41, 5.74) is 8.01. The first-order chi connectivity index (χ1) is 14.1. The Morgan fingerprint density at radius 2 is 0.839 bits per heavy atom. The molecule has 31 heavy (non-hydrogen) atoms. The monoisotopic (exact) mass is 487 g/mol. The Labute approximate surface area is 204 Å². The zero-order chi connectivity index (χ0) is 22.2. The Kier molecular flexibility index (Phi) is 8.73. The summed E-state index contributed by atoms with van der Waals surface area (Å²) in [4.78, 5) is 4.60. The van der Waals surface area contributed by atoms with Gasteiger partial charge in [-0.05, 0) is 0 Å². The maximum absolute atomic E-state index is 6.38. The fraction of sp³-hybridized carbons (Fsp3) is 0.481. The maximum Gasteiger partial charge on any atom is -1.00 e. The van der Waals surface area contributed by atoms with Crippen LogP contribution in [-0.2, 0) is 16.0 Å². The molecule has 173 valence electrons. The van der Waals surface area contributed by atoms with Gasteiger partial charge in [0.2, 0.25) is 0 Å². The number of hydrogen-bond donors (Lipinski definition) is 0. The molecular formula is C27H37ClCuN2. The van der Waals surface area contributed by atoms with Gasteiger partial charge in [-0.2, -0.15) is 0 Å². The number of hydrogen-bond acceptors (Lipinski definition) is 2. The molecule has 0 aliphatic carbocycles. The van der Waals surface area contributed by atoms with Crippen LogP contribution in [0.25, 0.3) is 0 Å². The van der Waals surface area contributed by atoms with Crippen LogP contribution in [0.1, 0.15) is 101 Å². The Hall–Kier alpha value is -1.41. The molecule has 0 spiro atoms. The largest absolute Gasteiger partial charge is 1.00 e. The third-order valence-electron chi connectivity index (χ3n) is 6.01. The Balaban J connectivity index is 0.00000341. The Bertz CT molecular complexity index is 791. The van der Waals surface area contributed by atoms with Gasteiger partial charge < -0.3 is 12.4 Å². The molecular weight excluding hydrogens is 451 g/mol. The average molecular weight is 489 g/mol. The van der Waals surface area contributed by atoms with Crippen molar-refractivity contribution in [3.8, 4) is 0 Å². The minimum atomic E-state index is -0.202. The van der Waals surface area contributed by atoms with Gasteiger partial charge >= 0.3 is 192 Å². The van der Waals surface area contributed by atoms with Crippen LogP contribution in [-0.4, -0.2) is 5.06 Å². The van der Waals surface area contributed by atoms with Crippen molar-refractivity contribution in [2.24, 2.45) is 0 Å². The quantitative estimate of drug-likeness (QED) is 0.539. The van der Waals surface area contributed by atoms with Crippen molar-refractivity contribution in [1.82, 2.24) is 0 Å². The molecule has 0 fully saturated rings. The molecule has 0 saturated heterocycles. The Morgan fingerprint density at radius 3 is 1.06 bits per heavy atom. The van der Waals surface area contributed by atoms with Gasteiger partial charge in [0, 0.05) is 0 Å². The van der Waals surface area contributed by atoms with Crippen molar-refractivity contribution >= 4 is 11.4 Å². The number of benzene rings is 2. The molecule has 0 bridgehead atoms. The van der Waals surface area contributed by atoms with E-state index in [0.29, 0.717) is 23.7 Å². The Morgan fingerprint density at radius 1 is 0.581 bits per heavy atom. The van der Waals surface area contributed by atoms with E-state index in [9.17, 15) is 0 Å². The number of para-hydroxylation sites is 2. The first-order valence-electron chi connectivity index (χ1n) is 11.2. The van der Waals surface area contributed by atoms with Crippen LogP contribution < -0.4 is 22.2 Å². The number of rotatable bonds is 6. The second-order valence-corrected chi connectivity index (χ2v) is 10.1. The maximum atomic E-state index is 6.38. The van der Waals surface area contributed by atoms with Crippen LogP contribution in [0, 0.1) is 0 Å². The van der Waals surface area contributed by atoms with Crippen molar-refractivity contribution in [3.05, 3.63) is 71.1 Å². The number of anilines is 2. The SMILES string of the molecule is CC(C)c1cccc(C(C)C)c1N1C=CN(c2c(C(C)C)cccc2C(C)C)[CH]1[Cu+].[Cl-]. The van der Waals surface area contributed by atoms with Crippen molar-refractivity contribution in [3.63, 3.8) is 0 Å². The summed E-state index contributed by atoms with van der Waals surface area (Å²) in [5.74, 6) is 1.76. The van der Waals surface area contributed by atoms with Gasteiger partial charge in [-0.25, -0.2) is 0 Å². The summed E-state index contributed by atoms with van der Waals surface area (Å²) in [7, 11) is 0. The second kappa shape index (κ2) is 10.5. The van der Waals surface area contributed by atoms with E-state index >= 15 is 0 Å². The fourth-order valence-corrected chi connectivity index (χ4v) is 4.77. The summed E-state index contributed by atoms with van der Waals surface area (Å²) in [6.45, 7) is 18.1. The predicted molar refractivity (Wildman–Crippen MR) is 127 cm³/mol. The van der Waals surface area contributed by atoms with E-state index < -0.39 is 0 Å². The standard InChI is InChI=1S/C27H37N2.ClH.Cu/c1-18(2)22-11-9-12-23(19(3)4)26(22)28-15-16-29(17-28)27-24(20(5)6)13-10-14-25(27)21(7)8;;/h9-21H,1-8H3;1H;/q;;+1/p-1. The van der Waals surface area contributed by atoms with Gasteiger partial charge in [0.25, 0.3) is 0 Å². The molecule has 0 amide bonds. The van der Waals surface area contributed by atoms with Crippen molar-refractivity contribution in [2.75, 3.05) is 9.80 Å². The van der Waals surface area contributed by atoms with Gasteiger partial charge in [-0.1, -0.05) is 0 Å². The summed E-state index contributed by atoms with van der Waals surface area (Å²) in [6.07, 6.45) is 4.36. The smallest absolute Gasteiger partial charge is 1.00 e. The topological polar surface area (TPSA) is 6.48 Å². The predicted octanol–water partition coefficient (Wildman–Crippen LogP) is 4.81. The third kappa shape index (κ3) is 5.00. The van der Waals surface area contributed by atoms with E-state index in [0.717, 1.165) is 0 Å². The average Bonchev–Trinajstić information content (AvgIpc) is 3.07. The first-order valence-corrected chi connectivity index (χ1v) is 11.8. The van der Waals surface area contributed by atoms with E-state index in [-0.39, 0.29) is 17.5 Å². The summed E-state index contributed by atoms with van der Waals surface area (Å²) < 4.78 is 0. The van der Waals surface area contributed by atoms with Gasteiger partial charge in [0.05, 0.1) is 0 Å². The van der Waals surface area contributed by atoms with Crippen molar-refractivity contribution in [2.45, 2.75) is 84.1 Å². The van der Waals surface area contributed by atoms with Crippen LogP contribution in [0.2, 0.25) is 0 Å². The van der Waals surface area contributed by atoms with Crippen LogP contribution >= 0.6 is 0 Å². The van der Waals surface area contributed by atoms with E-state index in [4.69, 9.17) is 16.0 Å². The molecule has 3 rings (SSSR count). The fourth-order valence-electron chi connectivity index (χ4n) is 4.37. The molecule has 2 aromatic carbocycles. The molecule has 1 aliphatic heterocycles. The van der Waals surface area contributed by atoms with Crippen molar-refractivity contribution < 1.29 is 28.4 Å². The summed E-state index contributed by atoms with van der Waals surface area (Å²) >= 11 is 6.38. The zero-order valence-electron chi connectivity index (χ0n) is 20.1. The first kappa shape index (κ1) is 25.8. The van der Waals surface area contributed by atoms with Gasteiger partial charge in [-0.3, -0.25) is 0 Å². The molecule has 2 nitrogen and oxygen atoms in total. The molecule has 0 unspecified atom stereocenters. The van der Waals surface area contributed by atoms with Crippen molar-refractivity contribution in [1.29, 1.82) is 0 Å². The molecule has 4 heteroatoms. The summed E-state index contributed by atoms with van der Waals surface area (Å²) in [5, 5.41) is -0.202. The molecule has 0 N–H and O–H groups in total. The molecule has 1 aliphatic rings. The van der Waals surface area contributed by atoms with Crippen LogP contribution in [0.5, 0.6) is 0 Å². The van der Waals surface area contributed by atoms with E-state index in [1.54, 1.807) is 0 Å². The molecule has 2 aromatic rings. The van der Waals surface area contributed by atoms with Crippen LogP contribution in [0.15, 0.2) is 48.8 Å². The number of halogens is 1. The molecule has 1 heterocycles. The molecule has 0 radical (unpaired) electrons. The van der Waals surface area contributed by atoms with E-state index in [1.165, 1.54) is 33.6 Å². The minimum absolute atomic E-state index is 0. The third-order valence-corrected chi connectivity index (χ3v) is 6.53. The van der Waals surface area contributed by atoms with E-state index in [2.05, 4.69) is 114 Å². The van der Waals surface area contributed by atoms with Crippen LogP contribution in [0.3, 0.4) is 0 Å². The minimum Gasteiger partial charge on any atom is -1.00 e. The van der Waals surface area contributed by atoms with Crippen LogP contribution in [0.4, 0.5) is 11.4 Å². The van der Waals surface area contributed by atoms with Gasteiger partial charge in [0.15, 0.2) is 0 Å².